The van der Waals surface area contributed by atoms with Gasteiger partial charge >= 0.3 is 174 Å². The molecule has 0 aromatic heterocycles. The molecule has 0 aliphatic rings. The SMILES string of the molecule is O=S(=O)(O)OCNc1cccc([As]=[As]c2cccc(NCOS(=O)(=O)O)c2)c1. The Balaban J connectivity index is 1.97. The van der Waals surface area contributed by atoms with Crippen molar-refractivity contribution in [3.8, 4) is 0 Å². The van der Waals surface area contributed by atoms with E-state index in [1.54, 1.807) is 12.1 Å². The monoisotopic (exact) mass is 554 g/mol. The van der Waals surface area contributed by atoms with Gasteiger partial charge in [-0.1, -0.05) is 0 Å². The van der Waals surface area contributed by atoms with Crippen molar-refractivity contribution in [2.45, 2.75) is 0 Å². The summed E-state index contributed by atoms with van der Waals surface area (Å²) in [5.41, 5.74) is 1.35. The average molecular weight is 554 g/mol. The third-order valence-corrected chi connectivity index (χ3v) is 12.2. The number of rotatable bonds is 10. The molecule has 0 amide bonds. The van der Waals surface area contributed by atoms with Crippen molar-refractivity contribution in [3.05, 3.63) is 48.5 Å². The summed E-state index contributed by atoms with van der Waals surface area (Å²) < 4.78 is 69.9. The summed E-state index contributed by atoms with van der Waals surface area (Å²) >= 11 is -0.283. The molecule has 2 aromatic rings. The number of anilines is 2. The predicted octanol–water partition coefficient (Wildman–Crippen LogP) is -0.662. The van der Waals surface area contributed by atoms with Crippen molar-refractivity contribution >= 4 is 67.2 Å². The van der Waals surface area contributed by atoms with Gasteiger partial charge in [0.25, 0.3) is 0 Å². The van der Waals surface area contributed by atoms with Gasteiger partial charge in [-0.3, -0.25) is 0 Å². The second-order valence-corrected chi connectivity index (χ2v) is 14.6. The van der Waals surface area contributed by atoms with Gasteiger partial charge in [0.2, 0.25) is 0 Å². The summed E-state index contributed by atoms with van der Waals surface area (Å²) in [6, 6.07) is 14.9. The Labute approximate surface area is 173 Å². The molecule has 0 radical (unpaired) electrons. The summed E-state index contributed by atoms with van der Waals surface area (Å²) in [5.74, 6) is 0. The van der Waals surface area contributed by atoms with Gasteiger partial charge in [-0.15, -0.1) is 0 Å². The van der Waals surface area contributed by atoms with E-state index >= 15 is 0 Å². The summed E-state index contributed by atoms with van der Waals surface area (Å²) in [4.78, 5) is 0. The van der Waals surface area contributed by atoms with Gasteiger partial charge in [-0.2, -0.15) is 0 Å². The average Bonchev–Trinajstić information content (AvgIpc) is 2.59. The molecular weight excluding hydrogens is 538 g/mol. The Kier molecular flexibility index (Phi) is 8.78. The first-order valence-electron chi connectivity index (χ1n) is 7.44. The van der Waals surface area contributed by atoms with E-state index in [0.29, 0.717) is 11.4 Å². The van der Waals surface area contributed by atoms with Crippen LogP contribution < -0.4 is 19.3 Å². The minimum atomic E-state index is -4.48. The summed E-state index contributed by atoms with van der Waals surface area (Å²) in [7, 11) is -8.97. The molecule has 0 bridgehead atoms. The molecule has 4 N–H and O–H groups in total. The van der Waals surface area contributed by atoms with Crippen LogP contribution in [0.5, 0.6) is 0 Å². The van der Waals surface area contributed by atoms with E-state index in [1.807, 2.05) is 36.4 Å². The Bertz CT molecular complexity index is 961. The van der Waals surface area contributed by atoms with Gasteiger partial charge in [0.15, 0.2) is 0 Å². The fraction of sp³-hybridized carbons (Fsp3) is 0.143. The third-order valence-electron chi connectivity index (χ3n) is 2.94. The Morgan fingerprint density at radius 2 is 1.14 bits per heavy atom. The van der Waals surface area contributed by atoms with E-state index < -0.39 is 20.8 Å². The van der Waals surface area contributed by atoms with Crippen LogP contribution in [0.4, 0.5) is 11.4 Å². The second-order valence-electron chi connectivity index (χ2n) is 5.03. The number of hydrogen-bond donors (Lipinski definition) is 4. The third kappa shape index (κ3) is 9.90. The van der Waals surface area contributed by atoms with Crippen LogP contribution in [0.2, 0.25) is 0 Å². The van der Waals surface area contributed by atoms with Crippen LogP contribution >= 0.6 is 0 Å². The minimum absolute atomic E-state index is 0.141. The fourth-order valence-corrected chi connectivity index (χ4v) is 9.44. The molecule has 0 heterocycles. The van der Waals surface area contributed by atoms with Gasteiger partial charge in [0, 0.05) is 0 Å². The van der Waals surface area contributed by atoms with Crippen LogP contribution in [-0.4, -0.2) is 65.7 Å². The molecule has 28 heavy (non-hydrogen) atoms. The van der Waals surface area contributed by atoms with E-state index in [1.165, 1.54) is 0 Å². The van der Waals surface area contributed by atoms with E-state index in [4.69, 9.17) is 9.11 Å². The van der Waals surface area contributed by atoms with Crippen molar-refractivity contribution in [3.63, 3.8) is 0 Å². The Hall–Kier alpha value is -1.10. The van der Waals surface area contributed by atoms with Gasteiger partial charge in [0.05, 0.1) is 0 Å². The van der Waals surface area contributed by atoms with Crippen molar-refractivity contribution in [2.75, 3.05) is 24.1 Å². The van der Waals surface area contributed by atoms with E-state index in [0.717, 1.165) is 8.70 Å². The topological polar surface area (TPSA) is 151 Å². The molecule has 0 aliphatic carbocycles. The van der Waals surface area contributed by atoms with Gasteiger partial charge in [0.1, 0.15) is 0 Å². The van der Waals surface area contributed by atoms with Crippen molar-refractivity contribution in [1.29, 1.82) is 0 Å². The first-order chi connectivity index (χ1) is 13.1. The zero-order chi connectivity index (χ0) is 20.6. The van der Waals surface area contributed by atoms with E-state index in [-0.39, 0.29) is 39.7 Å². The Morgan fingerprint density at radius 1 is 0.750 bits per heavy atom. The summed E-state index contributed by atoms with van der Waals surface area (Å²) in [6.07, 6.45) is 0. The van der Waals surface area contributed by atoms with Crippen LogP contribution in [-0.2, 0) is 29.2 Å². The molecule has 0 atom stereocenters. The normalized spacial score (nSPS) is 12.2. The zero-order valence-corrected chi connectivity index (χ0v) is 19.5. The fourth-order valence-electron chi connectivity index (χ4n) is 1.85. The quantitative estimate of drug-likeness (QED) is 0.169. The van der Waals surface area contributed by atoms with Gasteiger partial charge in [-0.05, 0) is 0 Å². The van der Waals surface area contributed by atoms with Crippen molar-refractivity contribution < 1.29 is 34.3 Å². The molecule has 14 heteroatoms. The maximum absolute atomic E-state index is 10.5. The van der Waals surface area contributed by atoms with Crippen molar-refractivity contribution in [1.82, 2.24) is 0 Å². The molecule has 0 saturated heterocycles. The van der Waals surface area contributed by atoms with Crippen LogP contribution in [0.3, 0.4) is 0 Å². The zero-order valence-electron chi connectivity index (χ0n) is 14.1. The molecule has 0 fully saturated rings. The van der Waals surface area contributed by atoms with E-state index in [9.17, 15) is 16.8 Å². The van der Waals surface area contributed by atoms with Crippen molar-refractivity contribution in [2.24, 2.45) is 0 Å². The molecule has 0 spiro atoms. The molecule has 0 saturated carbocycles. The predicted molar refractivity (Wildman–Crippen MR) is 106 cm³/mol. The van der Waals surface area contributed by atoms with E-state index in [2.05, 4.69) is 19.0 Å². The molecule has 152 valence electrons. The molecule has 0 unspecified atom stereocenters. The molecule has 2 rings (SSSR count). The molecule has 2 aromatic carbocycles. The molecule has 0 aliphatic heterocycles. The van der Waals surface area contributed by atoms with Gasteiger partial charge in [-0.25, -0.2) is 0 Å². The number of nitrogens with one attached hydrogen (secondary N) is 2. The molecule has 10 nitrogen and oxygen atoms in total. The van der Waals surface area contributed by atoms with Crippen LogP contribution in [0.1, 0.15) is 0 Å². The van der Waals surface area contributed by atoms with Crippen LogP contribution in [0.15, 0.2) is 48.5 Å². The maximum atomic E-state index is 10.5. The molecular formula is C14H16As2N2O8S2. The Morgan fingerprint density at radius 3 is 1.50 bits per heavy atom. The number of benzene rings is 2. The van der Waals surface area contributed by atoms with Crippen LogP contribution in [0, 0.1) is 0 Å². The second kappa shape index (κ2) is 10.6. The standard InChI is InChI=1S/C14H16As2N2O8S2/c19-27(20,21)25-9-17-13-5-1-3-11(7-13)15-16-12-4-2-6-14(8-12)18-10-26-28(22,23)24/h1-8,17-18H,9-10H2,(H,19,20,21)(H,22,23,24). The first-order valence-corrected chi connectivity index (χ1v) is 17.2. The first kappa shape index (κ1) is 23.2. The number of hydrogen-bond acceptors (Lipinski definition) is 8. The summed E-state index contributed by atoms with van der Waals surface area (Å²) in [6.45, 7) is -0.738. The van der Waals surface area contributed by atoms with Gasteiger partial charge < -0.3 is 0 Å². The van der Waals surface area contributed by atoms with Crippen LogP contribution in [0.25, 0.3) is 0 Å². The summed E-state index contributed by atoms with van der Waals surface area (Å²) in [5, 5.41) is 5.51.